The topological polar surface area (TPSA) is 143 Å². The number of imide groups is 1. The first-order valence-electron chi connectivity index (χ1n) is 9.24. The number of rotatable bonds is 6. The molecule has 2 aromatic rings. The van der Waals surface area contributed by atoms with Crippen molar-refractivity contribution in [3.8, 4) is 0 Å². The molecule has 3 rings (SSSR count). The van der Waals surface area contributed by atoms with Crippen LogP contribution in [0.5, 0.6) is 0 Å². The molecule has 0 aromatic heterocycles. The molecule has 3 N–H and O–H groups in total. The number of sulfonamides is 1. The predicted octanol–water partition coefficient (Wildman–Crippen LogP) is 0.683. The third kappa shape index (κ3) is 5.66. The van der Waals surface area contributed by atoms with E-state index in [4.69, 9.17) is 4.74 Å². The molecule has 31 heavy (non-hydrogen) atoms. The minimum absolute atomic E-state index is 0.0183. The number of amidine groups is 1. The largest absolute Gasteiger partial charge is 0.454 e. The van der Waals surface area contributed by atoms with E-state index in [0.717, 1.165) is 5.56 Å². The summed E-state index contributed by atoms with van der Waals surface area (Å²) in [7, 11) is -3.73. The van der Waals surface area contributed by atoms with E-state index in [2.05, 4.69) is 15.0 Å². The van der Waals surface area contributed by atoms with Gasteiger partial charge in [-0.25, -0.2) is 18.0 Å². The van der Waals surface area contributed by atoms with E-state index in [9.17, 15) is 22.8 Å². The molecular weight excluding hydrogens is 424 g/mol. The highest BCUT2D eigenvalue weighted by molar-refractivity contribution is 7.90. The highest BCUT2D eigenvalue weighted by atomic mass is 32.2. The Morgan fingerprint density at radius 2 is 1.74 bits per heavy atom. The van der Waals surface area contributed by atoms with Crippen molar-refractivity contribution in [3.63, 3.8) is 0 Å². The van der Waals surface area contributed by atoms with Crippen LogP contribution >= 0.6 is 0 Å². The summed E-state index contributed by atoms with van der Waals surface area (Å²) in [4.78, 5) is 39.8. The van der Waals surface area contributed by atoms with Gasteiger partial charge in [-0.15, -0.1) is 0 Å². The Kier molecular flexibility index (Phi) is 6.65. The second-order valence-corrected chi connectivity index (χ2v) is 8.23. The maximum absolute atomic E-state index is 12.1. The average molecular weight is 444 g/mol. The van der Waals surface area contributed by atoms with E-state index in [-0.39, 0.29) is 17.3 Å². The molecule has 3 amide bonds. The predicted molar refractivity (Wildman–Crippen MR) is 111 cm³/mol. The van der Waals surface area contributed by atoms with E-state index in [0.29, 0.717) is 5.56 Å². The van der Waals surface area contributed by atoms with Crippen molar-refractivity contribution in [2.24, 2.45) is 4.99 Å². The molecule has 1 heterocycles. The van der Waals surface area contributed by atoms with Crippen LogP contribution in [-0.2, 0) is 30.9 Å². The molecule has 0 bridgehead atoms. The number of carbonyl (C=O) groups excluding carboxylic acids is 3. The van der Waals surface area contributed by atoms with E-state index in [1.807, 2.05) is 35.6 Å². The fraction of sp³-hybridized carbons (Fsp3) is 0.200. The van der Waals surface area contributed by atoms with Gasteiger partial charge in [0.2, 0.25) is 0 Å². The number of benzene rings is 2. The second kappa shape index (κ2) is 9.39. The van der Waals surface area contributed by atoms with E-state index >= 15 is 0 Å². The summed E-state index contributed by atoms with van der Waals surface area (Å²) in [5.74, 6) is -1.65. The zero-order chi connectivity index (χ0) is 22.4. The van der Waals surface area contributed by atoms with E-state index < -0.39 is 40.6 Å². The summed E-state index contributed by atoms with van der Waals surface area (Å²) >= 11 is 0. The zero-order valence-corrected chi connectivity index (χ0v) is 17.3. The van der Waals surface area contributed by atoms with Crippen molar-refractivity contribution in [2.45, 2.75) is 24.4 Å². The second-order valence-electron chi connectivity index (χ2n) is 6.58. The molecular formula is C20H20N4O6S. The number of hydrogen-bond acceptors (Lipinski definition) is 7. The highest BCUT2D eigenvalue weighted by Gasteiger charge is 2.31. The van der Waals surface area contributed by atoms with E-state index in [1.165, 1.54) is 13.0 Å². The highest BCUT2D eigenvalue weighted by Crippen LogP contribution is 2.22. The number of aliphatic imine (C=N–C) groups is 1. The molecule has 11 heteroatoms. The molecule has 0 spiro atoms. The number of nitrogens with zero attached hydrogens (tertiary/aromatic N) is 1. The number of urea groups is 1. The van der Waals surface area contributed by atoms with Gasteiger partial charge in [0.25, 0.3) is 15.9 Å². The van der Waals surface area contributed by atoms with Crippen molar-refractivity contribution in [1.82, 2.24) is 15.4 Å². The zero-order valence-electron chi connectivity index (χ0n) is 16.5. The van der Waals surface area contributed by atoms with Crippen molar-refractivity contribution in [1.29, 1.82) is 0 Å². The first-order chi connectivity index (χ1) is 14.8. The minimum Gasteiger partial charge on any atom is -0.454 e. The average Bonchev–Trinajstić information content (AvgIpc) is 3.01. The van der Waals surface area contributed by atoms with Crippen LogP contribution in [0.2, 0.25) is 0 Å². The number of ether oxygens (including phenoxy) is 1. The lowest BCUT2D eigenvalue weighted by Gasteiger charge is -2.10. The number of nitrogens with one attached hydrogen (secondary N) is 3. The number of amides is 3. The first-order valence-corrected chi connectivity index (χ1v) is 10.7. The van der Waals surface area contributed by atoms with Gasteiger partial charge in [-0.3, -0.25) is 19.8 Å². The number of fused-ring (bicyclic) bond motifs is 1. The van der Waals surface area contributed by atoms with Crippen LogP contribution in [0.25, 0.3) is 0 Å². The Balaban J connectivity index is 1.48. The summed E-state index contributed by atoms with van der Waals surface area (Å²) in [5.41, 5.74) is 1.20. The van der Waals surface area contributed by atoms with Crippen LogP contribution < -0.4 is 15.4 Å². The lowest BCUT2D eigenvalue weighted by Crippen LogP contribution is -2.41. The van der Waals surface area contributed by atoms with Crippen LogP contribution in [0.3, 0.4) is 0 Å². The fourth-order valence-corrected chi connectivity index (χ4v) is 3.96. The summed E-state index contributed by atoms with van der Waals surface area (Å²) in [5, 5.41) is 4.55. The molecule has 10 nitrogen and oxygen atoms in total. The Bertz CT molecular complexity index is 1130. The lowest BCUT2D eigenvalue weighted by atomic mass is 10.2. The quantitative estimate of drug-likeness (QED) is 0.559. The standard InChI is InChI=1S/C20H20N4O6S/c1-13(22-18-15-9-5-6-10-16(15)31(28,29)24-18)19(26)30-12-17(25)23-20(27)21-11-14-7-3-2-4-8-14/h2-10,13H,11-12H2,1H3,(H,22,24)(H2,21,23,25,27)/t13-/m0/s1. The number of hydrogen-bond donors (Lipinski definition) is 3. The van der Waals surface area contributed by atoms with Crippen molar-refractivity contribution in [3.05, 3.63) is 65.7 Å². The molecule has 2 aromatic carbocycles. The molecule has 0 radical (unpaired) electrons. The third-order valence-electron chi connectivity index (χ3n) is 4.22. The molecule has 0 fully saturated rings. The summed E-state index contributed by atoms with van der Waals surface area (Å²) in [6, 6.07) is 13.5. The Hall–Kier alpha value is -3.73. The van der Waals surface area contributed by atoms with Crippen molar-refractivity contribution in [2.75, 3.05) is 6.61 Å². The van der Waals surface area contributed by atoms with Crippen LogP contribution in [0.1, 0.15) is 18.1 Å². The fourth-order valence-electron chi connectivity index (χ4n) is 2.72. The summed E-state index contributed by atoms with van der Waals surface area (Å²) in [6.45, 7) is 0.940. The van der Waals surface area contributed by atoms with Crippen LogP contribution in [0, 0.1) is 0 Å². The van der Waals surface area contributed by atoms with Gasteiger partial charge in [-0.05, 0) is 24.6 Å². The lowest BCUT2D eigenvalue weighted by molar-refractivity contribution is -0.149. The van der Waals surface area contributed by atoms with Gasteiger partial charge in [-0.1, -0.05) is 42.5 Å². The van der Waals surface area contributed by atoms with Crippen molar-refractivity contribution < 1.29 is 27.5 Å². The van der Waals surface area contributed by atoms with Crippen LogP contribution in [0.4, 0.5) is 4.79 Å². The molecule has 1 aliphatic heterocycles. The van der Waals surface area contributed by atoms with E-state index in [1.54, 1.807) is 18.2 Å². The van der Waals surface area contributed by atoms with Crippen LogP contribution in [-0.4, -0.2) is 44.8 Å². The monoisotopic (exact) mass is 444 g/mol. The summed E-state index contributed by atoms with van der Waals surface area (Å²) < 4.78 is 31.3. The third-order valence-corrected chi connectivity index (χ3v) is 5.62. The maximum Gasteiger partial charge on any atom is 0.331 e. The molecule has 1 atom stereocenters. The number of esters is 1. The van der Waals surface area contributed by atoms with Gasteiger partial charge in [0.15, 0.2) is 6.61 Å². The Morgan fingerprint density at radius 1 is 1.06 bits per heavy atom. The molecule has 1 aliphatic rings. The SMILES string of the molecule is C[C@H](N=C1NS(=O)(=O)c2ccccc21)C(=O)OCC(=O)NC(=O)NCc1ccccc1. The van der Waals surface area contributed by atoms with Gasteiger partial charge in [-0.2, -0.15) is 0 Å². The van der Waals surface area contributed by atoms with Gasteiger partial charge in [0.1, 0.15) is 11.9 Å². The Labute approximate surface area is 178 Å². The smallest absolute Gasteiger partial charge is 0.331 e. The Morgan fingerprint density at radius 3 is 2.48 bits per heavy atom. The maximum atomic E-state index is 12.1. The first kappa shape index (κ1) is 22.0. The van der Waals surface area contributed by atoms with Gasteiger partial charge in [0.05, 0.1) is 4.90 Å². The normalized spacial score (nSPS) is 16.0. The van der Waals surface area contributed by atoms with Gasteiger partial charge >= 0.3 is 12.0 Å². The number of carbonyl (C=O) groups is 3. The molecule has 0 saturated heterocycles. The molecule has 0 unspecified atom stereocenters. The van der Waals surface area contributed by atoms with Crippen LogP contribution in [0.15, 0.2) is 64.5 Å². The van der Waals surface area contributed by atoms with Gasteiger partial charge < -0.3 is 10.1 Å². The van der Waals surface area contributed by atoms with Crippen molar-refractivity contribution >= 4 is 33.8 Å². The molecule has 0 saturated carbocycles. The van der Waals surface area contributed by atoms with Gasteiger partial charge in [0, 0.05) is 12.1 Å². The molecule has 162 valence electrons. The summed E-state index contributed by atoms with van der Waals surface area (Å²) in [6.07, 6.45) is 0. The minimum atomic E-state index is -3.73. The molecule has 0 aliphatic carbocycles.